The first-order chi connectivity index (χ1) is 3.46. The molecule has 0 amide bonds. The minimum Gasteiger partial charge on any atom is -0.427 e. The standard InChI is InChI=1S/Co.2IO3.H2O/c;2*2-1(3)4;/h;;;1H2/q+2;2*-1;. The summed E-state index contributed by atoms with van der Waals surface area (Å²) in [5, 5.41) is 0. The molecular weight excluding hydrogens is 425 g/mol. The molecule has 0 atom stereocenters. The maximum Gasteiger partial charge on any atom is 2.00 e. The summed E-state index contributed by atoms with van der Waals surface area (Å²) >= 11 is -8.03. The fraction of sp³-hybridized carbons (Fsp3) is 0. The molecule has 0 aromatic heterocycles. The van der Waals surface area contributed by atoms with Crippen molar-refractivity contribution in [3.8, 4) is 0 Å². The number of hydrogen-bond donors (Lipinski definition) is 0. The molecule has 0 bridgehead atoms. The summed E-state index contributed by atoms with van der Waals surface area (Å²) in [6, 6.07) is 0. The molecular formula is H2CoI2O7. The van der Waals surface area contributed by atoms with E-state index in [1.54, 1.807) is 0 Å². The van der Waals surface area contributed by atoms with E-state index in [2.05, 4.69) is 0 Å². The molecule has 0 aliphatic rings. The molecule has 2 N–H and O–H groups in total. The molecule has 0 rings (SSSR count). The zero-order chi connectivity index (χ0) is 7.15. The molecule has 10 heteroatoms. The Kier molecular flexibility index (Phi) is 38.3. The Labute approximate surface area is 84.3 Å². The van der Waals surface area contributed by atoms with Gasteiger partial charge in [-0.3, -0.25) is 0 Å². The molecule has 0 spiro atoms. The monoisotopic (exact) mass is 427 g/mol. The summed E-state index contributed by atoms with van der Waals surface area (Å²) in [5.74, 6) is 0. The second-order valence-corrected chi connectivity index (χ2v) is 2.54. The first-order valence-electron chi connectivity index (χ1n) is 0.926. The van der Waals surface area contributed by atoms with Gasteiger partial charge < -0.3 is 26.1 Å². The zero-order valence-electron chi connectivity index (χ0n) is 4.04. The largest absolute Gasteiger partial charge is 2.00 e. The van der Waals surface area contributed by atoms with Crippen molar-refractivity contribution < 1.29 is 85.0 Å². The summed E-state index contributed by atoms with van der Waals surface area (Å²) in [7, 11) is 0. The van der Waals surface area contributed by atoms with Crippen LogP contribution in [0, 0.1) is 0 Å². The first-order valence-corrected chi connectivity index (χ1v) is 6.21. The van der Waals surface area contributed by atoms with E-state index in [-0.39, 0.29) is 22.3 Å². The van der Waals surface area contributed by atoms with Crippen molar-refractivity contribution in [2.45, 2.75) is 0 Å². The first kappa shape index (κ1) is 22.6. The predicted octanol–water partition coefficient (Wildman–Crippen LogP) is -14.0. The third-order valence-corrected chi connectivity index (χ3v) is 0. The molecule has 0 aliphatic carbocycles. The fourth-order valence-corrected chi connectivity index (χ4v) is 0. The zero-order valence-corrected chi connectivity index (χ0v) is 9.39. The van der Waals surface area contributed by atoms with Crippen LogP contribution in [0.2, 0.25) is 0 Å². The van der Waals surface area contributed by atoms with Crippen molar-refractivity contribution in [3.05, 3.63) is 0 Å². The van der Waals surface area contributed by atoms with E-state index in [0.717, 1.165) is 0 Å². The van der Waals surface area contributed by atoms with Crippen molar-refractivity contribution in [2.24, 2.45) is 0 Å². The van der Waals surface area contributed by atoms with E-state index >= 15 is 0 Å². The average Bonchev–Trinajstić information content (AvgIpc) is 1.25. The van der Waals surface area contributed by atoms with Crippen molar-refractivity contribution in [1.29, 1.82) is 0 Å². The topological polar surface area (TPSA) is 170 Å². The number of halogens is 2. The Bertz CT molecular complexity index is 27.1. The normalized spacial score (nSPS) is 7.20. The van der Waals surface area contributed by atoms with Gasteiger partial charge in [-0.15, -0.1) is 0 Å². The van der Waals surface area contributed by atoms with Crippen LogP contribution in [0.1, 0.15) is 0 Å². The average molecular weight is 427 g/mol. The molecule has 1 radical (unpaired) electrons. The Hall–Kier alpha value is 1.69. The van der Waals surface area contributed by atoms with Crippen molar-refractivity contribution >= 4 is 0 Å². The molecule has 0 saturated carbocycles. The molecule has 0 aromatic rings. The maximum absolute atomic E-state index is 8.57. The number of hydrogen-bond acceptors (Lipinski definition) is 6. The maximum atomic E-state index is 8.57. The van der Waals surface area contributed by atoms with E-state index in [1.165, 1.54) is 0 Å². The van der Waals surface area contributed by atoms with Gasteiger partial charge in [-0.25, -0.2) is 0 Å². The van der Waals surface area contributed by atoms with E-state index in [0.29, 0.717) is 0 Å². The third kappa shape index (κ3) is 257. The summed E-state index contributed by atoms with van der Waals surface area (Å²) in [5.41, 5.74) is 0. The summed E-state index contributed by atoms with van der Waals surface area (Å²) in [4.78, 5) is 0. The van der Waals surface area contributed by atoms with Crippen LogP contribution in [0.15, 0.2) is 0 Å². The molecule has 0 fully saturated rings. The minimum absolute atomic E-state index is 0. The predicted molar refractivity (Wildman–Crippen MR) is 3.61 cm³/mol. The van der Waals surface area contributed by atoms with Gasteiger partial charge in [0.15, 0.2) is 0 Å². The van der Waals surface area contributed by atoms with E-state index in [4.69, 9.17) is 20.6 Å². The van der Waals surface area contributed by atoms with Gasteiger partial charge in [0.05, 0.1) is 0 Å². The van der Waals surface area contributed by atoms with Gasteiger partial charge >= 0.3 is 16.8 Å². The second-order valence-electron chi connectivity index (χ2n) is 0.378. The third-order valence-electron chi connectivity index (χ3n) is 0. The Morgan fingerprint density at radius 3 is 0.600 bits per heavy atom. The van der Waals surface area contributed by atoms with Crippen LogP contribution in [0.3, 0.4) is 0 Å². The molecule has 67 valence electrons. The van der Waals surface area contributed by atoms with E-state index < -0.39 is 42.1 Å². The molecule has 0 saturated heterocycles. The Balaban J connectivity index is -0.0000000300. The SMILES string of the molecule is O.[Co+2].[O-][I+2]([O-])[O-].[O-][I+2]([O-])[O-]. The van der Waals surface area contributed by atoms with Crippen molar-refractivity contribution in [1.82, 2.24) is 0 Å². The Morgan fingerprint density at radius 1 is 0.600 bits per heavy atom. The van der Waals surface area contributed by atoms with Gasteiger partial charge in [0.1, 0.15) is 0 Å². The smallest absolute Gasteiger partial charge is 0.427 e. The quantitative estimate of drug-likeness (QED) is 0.348. The molecule has 0 unspecified atom stereocenters. The van der Waals surface area contributed by atoms with Crippen molar-refractivity contribution in [3.63, 3.8) is 0 Å². The summed E-state index contributed by atoms with van der Waals surface area (Å²) in [6.45, 7) is 0. The van der Waals surface area contributed by atoms with E-state index in [1.807, 2.05) is 0 Å². The van der Waals surface area contributed by atoms with Crippen LogP contribution >= 0.6 is 0 Å². The fourth-order valence-electron chi connectivity index (χ4n) is 0. The van der Waals surface area contributed by atoms with Crippen molar-refractivity contribution in [2.75, 3.05) is 0 Å². The molecule has 0 aliphatic heterocycles. The van der Waals surface area contributed by atoms with Gasteiger partial charge in [-0.1, -0.05) is 0 Å². The minimum atomic E-state index is -4.01. The second kappa shape index (κ2) is 17.0. The molecule has 10 heavy (non-hydrogen) atoms. The molecule has 0 aromatic carbocycles. The van der Waals surface area contributed by atoms with Crippen LogP contribution in [-0.4, -0.2) is 5.48 Å². The van der Waals surface area contributed by atoms with Gasteiger partial charge in [0.25, 0.3) is 42.1 Å². The van der Waals surface area contributed by atoms with E-state index in [9.17, 15) is 0 Å². The van der Waals surface area contributed by atoms with Gasteiger partial charge in [-0.2, -0.15) is 0 Å². The van der Waals surface area contributed by atoms with Gasteiger partial charge in [0, 0.05) is 0 Å². The summed E-state index contributed by atoms with van der Waals surface area (Å²) in [6.07, 6.45) is 0. The van der Waals surface area contributed by atoms with Crippen LogP contribution in [0.4, 0.5) is 0 Å². The number of rotatable bonds is 0. The molecule has 7 nitrogen and oxygen atoms in total. The van der Waals surface area contributed by atoms with Crippen LogP contribution in [0.25, 0.3) is 0 Å². The Morgan fingerprint density at radius 2 is 0.600 bits per heavy atom. The summed E-state index contributed by atoms with van der Waals surface area (Å²) < 4.78 is 51.4. The van der Waals surface area contributed by atoms with Crippen LogP contribution in [-0.2, 0) is 16.8 Å². The van der Waals surface area contributed by atoms with Gasteiger partial charge in [-0.05, 0) is 0 Å². The van der Waals surface area contributed by atoms with Gasteiger partial charge in [0.2, 0.25) is 0 Å². The van der Waals surface area contributed by atoms with Crippen LogP contribution in [0.5, 0.6) is 0 Å². The van der Waals surface area contributed by atoms with Crippen LogP contribution < -0.4 is 62.7 Å². The molecule has 0 heterocycles.